The quantitative estimate of drug-likeness (QED) is 0.723. The largest absolute Gasteiger partial charge is 0.489 e. The topological polar surface area (TPSA) is 26.3 Å². The maximum Gasteiger partial charge on any atom is 0.120 e. The molecule has 0 atom stereocenters. The highest BCUT2D eigenvalue weighted by molar-refractivity contribution is 5.50. The number of carbonyl (C=O) groups excluding carboxylic acids is 1. The molecule has 2 aromatic rings. The van der Waals surface area contributed by atoms with Gasteiger partial charge in [0.15, 0.2) is 0 Å². The Bertz CT molecular complexity index is 474. The van der Waals surface area contributed by atoms with Gasteiger partial charge >= 0.3 is 0 Å². The highest BCUT2D eigenvalue weighted by atomic mass is 16.5. The summed E-state index contributed by atoms with van der Waals surface area (Å²) < 4.78 is 5.66. The summed E-state index contributed by atoms with van der Waals surface area (Å²) in [7, 11) is 0. The fourth-order valence-corrected chi connectivity index (χ4v) is 1.71. The van der Waals surface area contributed by atoms with Crippen molar-refractivity contribution in [3.63, 3.8) is 0 Å². The summed E-state index contributed by atoms with van der Waals surface area (Å²) in [4.78, 5) is 10.3. The number of aldehydes is 1. The van der Waals surface area contributed by atoms with Gasteiger partial charge in [0, 0.05) is 6.42 Å². The lowest BCUT2D eigenvalue weighted by Gasteiger charge is -2.06. The van der Waals surface area contributed by atoms with E-state index < -0.39 is 0 Å². The fourth-order valence-electron chi connectivity index (χ4n) is 1.71. The first-order valence-electron chi connectivity index (χ1n) is 6.08. The number of para-hydroxylation sites is 1. The first-order valence-corrected chi connectivity index (χ1v) is 6.08. The summed E-state index contributed by atoms with van der Waals surface area (Å²) in [5.41, 5.74) is 2.32. The number of benzene rings is 2. The van der Waals surface area contributed by atoms with Crippen LogP contribution in [0.3, 0.4) is 0 Å². The average molecular weight is 240 g/mol. The zero-order valence-electron chi connectivity index (χ0n) is 10.2. The summed E-state index contributed by atoms with van der Waals surface area (Å²) in [6, 6.07) is 18.0. The summed E-state index contributed by atoms with van der Waals surface area (Å²) >= 11 is 0. The van der Waals surface area contributed by atoms with E-state index in [0.717, 1.165) is 24.0 Å². The van der Waals surface area contributed by atoms with Crippen LogP contribution in [0, 0.1) is 0 Å². The van der Waals surface area contributed by atoms with E-state index >= 15 is 0 Å². The van der Waals surface area contributed by atoms with Gasteiger partial charge in [-0.3, -0.25) is 0 Å². The third kappa shape index (κ3) is 3.74. The van der Waals surface area contributed by atoms with Gasteiger partial charge in [-0.05, 0) is 29.7 Å². The Labute approximate surface area is 107 Å². The number of ether oxygens (including phenoxy) is 1. The number of hydrogen-bond acceptors (Lipinski definition) is 2. The summed E-state index contributed by atoms with van der Waals surface area (Å²) in [5, 5.41) is 0. The second kappa shape index (κ2) is 6.60. The van der Waals surface area contributed by atoms with Crippen molar-refractivity contribution in [2.75, 3.05) is 0 Å². The lowest BCUT2D eigenvalue weighted by Crippen LogP contribution is -1.95. The second-order valence-corrected chi connectivity index (χ2v) is 4.12. The molecule has 2 nitrogen and oxygen atoms in total. The van der Waals surface area contributed by atoms with Crippen LogP contribution in [-0.4, -0.2) is 6.29 Å². The van der Waals surface area contributed by atoms with Crippen molar-refractivity contribution >= 4 is 6.29 Å². The number of rotatable bonds is 6. The molecule has 0 heterocycles. The lowest BCUT2D eigenvalue weighted by molar-refractivity contribution is -0.107. The maximum atomic E-state index is 10.3. The Morgan fingerprint density at radius 2 is 1.56 bits per heavy atom. The Kier molecular flexibility index (Phi) is 4.53. The van der Waals surface area contributed by atoms with Crippen LogP contribution in [0.2, 0.25) is 0 Å². The highest BCUT2D eigenvalue weighted by Crippen LogP contribution is 2.12. The van der Waals surface area contributed by atoms with Gasteiger partial charge in [-0.15, -0.1) is 0 Å². The van der Waals surface area contributed by atoms with Gasteiger partial charge in [0.25, 0.3) is 0 Å². The van der Waals surface area contributed by atoms with E-state index in [-0.39, 0.29) is 0 Å². The Balaban J connectivity index is 1.88. The van der Waals surface area contributed by atoms with Crippen LogP contribution >= 0.6 is 0 Å². The molecule has 2 heteroatoms. The zero-order valence-corrected chi connectivity index (χ0v) is 10.2. The third-order valence-electron chi connectivity index (χ3n) is 2.72. The van der Waals surface area contributed by atoms with Crippen LogP contribution in [-0.2, 0) is 17.8 Å². The SMILES string of the molecule is O=CCCc1ccc(COc2ccccc2)cc1. The summed E-state index contributed by atoms with van der Waals surface area (Å²) in [5.74, 6) is 0.877. The molecule has 92 valence electrons. The monoisotopic (exact) mass is 240 g/mol. The molecule has 2 aromatic carbocycles. The van der Waals surface area contributed by atoms with E-state index in [9.17, 15) is 4.79 Å². The van der Waals surface area contributed by atoms with Gasteiger partial charge < -0.3 is 9.53 Å². The van der Waals surface area contributed by atoms with Gasteiger partial charge in [-0.2, -0.15) is 0 Å². The molecule has 0 amide bonds. The molecule has 0 saturated carbocycles. The van der Waals surface area contributed by atoms with Crippen LogP contribution in [0.15, 0.2) is 54.6 Å². The van der Waals surface area contributed by atoms with Crippen molar-refractivity contribution < 1.29 is 9.53 Å². The minimum absolute atomic E-state index is 0.567. The molecule has 0 saturated heterocycles. The van der Waals surface area contributed by atoms with E-state index in [2.05, 4.69) is 0 Å². The molecular weight excluding hydrogens is 224 g/mol. The van der Waals surface area contributed by atoms with Crippen molar-refractivity contribution in [2.45, 2.75) is 19.4 Å². The predicted octanol–water partition coefficient (Wildman–Crippen LogP) is 3.40. The molecule has 0 spiro atoms. The van der Waals surface area contributed by atoms with Crippen molar-refractivity contribution in [3.8, 4) is 5.75 Å². The van der Waals surface area contributed by atoms with E-state index in [1.807, 2.05) is 54.6 Å². The minimum atomic E-state index is 0.567. The zero-order chi connectivity index (χ0) is 12.6. The first kappa shape index (κ1) is 12.4. The number of carbonyl (C=O) groups is 1. The van der Waals surface area contributed by atoms with Gasteiger partial charge in [-0.25, -0.2) is 0 Å². The van der Waals surface area contributed by atoms with Crippen LogP contribution in [0.1, 0.15) is 17.5 Å². The molecule has 0 aromatic heterocycles. The van der Waals surface area contributed by atoms with Gasteiger partial charge in [0.1, 0.15) is 18.6 Å². The molecule has 0 bridgehead atoms. The molecule has 18 heavy (non-hydrogen) atoms. The number of hydrogen-bond donors (Lipinski definition) is 0. The highest BCUT2D eigenvalue weighted by Gasteiger charge is 1.96. The van der Waals surface area contributed by atoms with Crippen LogP contribution in [0.25, 0.3) is 0 Å². The van der Waals surface area contributed by atoms with Crippen molar-refractivity contribution in [1.29, 1.82) is 0 Å². The summed E-state index contributed by atoms with van der Waals surface area (Å²) in [6.45, 7) is 0.567. The van der Waals surface area contributed by atoms with E-state index in [0.29, 0.717) is 13.0 Å². The normalized spacial score (nSPS) is 10.0. The van der Waals surface area contributed by atoms with Crippen molar-refractivity contribution in [1.82, 2.24) is 0 Å². The molecule has 0 aliphatic heterocycles. The lowest BCUT2D eigenvalue weighted by atomic mass is 10.1. The Hall–Kier alpha value is -2.09. The average Bonchev–Trinajstić information content (AvgIpc) is 2.45. The van der Waals surface area contributed by atoms with Crippen LogP contribution in [0.5, 0.6) is 5.75 Å². The van der Waals surface area contributed by atoms with E-state index in [4.69, 9.17) is 4.74 Å². The molecule has 2 rings (SSSR count). The number of aryl methyl sites for hydroxylation is 1. The van der Waals surface area contributed by atoms with Crippen LogP contribution in [0.4, 0.5) is 0 Å². The Morgan fingerprint density at radius 1 is 0.889 bits per heavy atom. The summed E-state index contributed by atoms with van der Waals surface area (Å²) in [6.07, 6.45) is 2.34. The first-order chi connectivity index (χ1) is 8.88. The van der Waals surface area contributed by atoms with Crippen molar-refractivity contribution in [3.05, 3.63) is 65.7 Å². The molecular formula is C16H16O2. The van der Waals surface area contributed by atoms with Crippen LogP contribution < -0.4 is 4.74 Å². The third-order valence-corrected chi connectivity index (χ3v) is 2.72. The maximum absolute atomic E-state index is 10.3. The molecule has 0 N–H and O–H groups in total. The molecule has 0 aliphatic carbocycles. The molecule has 0 unspecified atom stereocenters. The smallest absolute Gasteiger partial charge is 0.120 e. The van der Waals surface area contributed by atoms with Gasteiger partial charge in [0.2, 0.25) is 0 Å². The molecule has 0 radical (unpaired) electrons. The van der Waals surface area contributed by atoms with Gasteiger partial charge in [0.05, 0.1) is 0 Å². The van der Waals surface area contributed by atoms with Crippen molar-refractivity contribution in [2.24, 2.45) is 0 Å². The molecule has 0 aliphatic rings. The Morgan fingerprint density at radius 3 is 2.22 bits per heavy atom. The standard InChI is InChI=1S/C16H16O2/c17-12-4-5-14-8-10-15(11-9-14)13-18-16-6-2-1-3-7-16/h1-3,6-12H,4-5,13H2. The van der Waals surface area contributed by atoms with Gasteiger partial charge in [-0.1, -0.05) is 42.5 Å². The van der Waals surface area contributed by atoms with E-state index in [1.165, 1.54) is 5.56 Å². The van der Waals surface area contributed by atoms with E-state index in [1.54, 1.807) is 0 Å². The fraction of sp³-hybridized carbons (Fsp3) is 0.188. The minimum Gasteiger partial charge on any atom is -0.489 e. The molecule has 0 fully saturated rings. The second-order valence-electron chi connectivity index (χ2n) is 4.12. The predicted molar refractivity (Wildman–Crippen MR) is 71.6 cm³/mol.